The van der Waals surface area contributed by atoms with E-state index in [9.17, 15) is 14.4 Å². The van der Waals surface area contributed by atoms with Gasteiger partial charge in [-0.25, -0.2) is 0 Å². The molecule has 2 amide bonds. The van der Waals surface area contributed by atoms with Crippen molar-refractivity contribution in [3.05, 3.63) is 59.7 Å². The van der Waals surface area contributed by atoms with E-state index >= 15 is 0 Å². The van der Waals surface area contributed by atoms with E-state index in [1.807, 2.05) is 31.2 Å². The smallest absolute Gasteiger partial charge is 0.305 e. The summed E-state index contributed by atoms with van der Waals surface area (Å²) >= 11 is 0. The molecule has 0 unspecified atom stereocenters. The molecule has 1 saturated carbocycles. The highest BCUT2D eigenvalue weighted by Crippen LogP contribution is 2.31. The van der Waals surface area contributed by atoms with Gasteiger partial charge in [-0.15, -0.1) is 0 Å². The summed E-state index contributed by atoms with van der Waals surface area (Å²) in [5, 5.41) is 5.76. The Balaban J connectivity index is 1.32. The molecular formula is C25H30N2O4. The highest BCUT2D eigenvalue weighted by molar-refractivity contribution is 5.96. The van der Waals surface area contributed by atoms with Gasteiger partial charge in [0.1, 0.15) is 0 Å². The van der Waals surface area contributed by atoms with Crippen molar-refractivity contribution in [2.24, 2.45) is 5.92 Å². The number of carbonyl (C=O) groups excluding carboxylic acids is 3. The van der Waals surface area contributed by atoms with Crippen LogP contribution >= 0.6 is 0 Å². The van der Waals surface area contributed by atoms with Crippen molar-refractivity contribution in [2.45, 2.75) is 51.9 Å². The van der Waals surface area contributed by atoms with E-state index in [4.69, 9.17) is 4.74 Å². The summed E-state index contributed by atoms with van der Waals surface area (Å²) in [4.78, 5) is 36.0. The number of ether oxygens (including phenoxy) is 1. The molecule has 164 valence electrons. The molecule has 0 heterocycles. The highest BCUT2D eigenvalue weighted by Gasteiger charge is 2.29. The Morgan fingerprint density at radius 3 is 2.48 bits per heavy atom. The maximum Gasteiger partial charge on any atom is 0.305 e. The van der Waals surface area contributed by atoms with Gasteiger partial charge in [-0.05, 0) is 62.3 Å². The average molecular weight is 423 g/mol. The van der Waals surface area contributed by atoms with Gasteiger partial charge >= 0.3 is 5.97 Å². The standard InChI is InChI=1S/C25H30N2O4/c1-18-12-15-21(17-22(18)27-25(30)20-13-14-20)26-23(28)10-5-11-24(29)31-16-6-9-19-7-3-2-4-8-19/h2-4,7-8,12,15,17,20H,5-6,9-11,13-14,16H2,1H3,(H,26,28)(H,27,30). The highest BCUT2D eigenvalue weighted by atomic mass is 16.5. The summed E-state index contributed by atoms with van der Waals surface area (Å²) in [6, 6.07) is 15.5. The number of amides is 2. The van der Waals surface area contributed by atoms with Gasteiger partial charge in [0.25, 0.3) is 0 Å². The molecule has 1 aliphatic rings. The normalized spacial score (nSPS) is 12.8. The molecule has 0 bridgehead atoms. The van der Waals surface area contributed by atoms with Crippen molar-refractivity contribution in [2.75, 3.05) is 17.2 Å². The number of aryl methyl sites for hydroxylation is 2. The van der Waals surface area contributed by atoms with E-state index < -0.39 is 0 Å². The first kappa shape index (κ1) is 22.5. The van der Waals surface area contributed by atoms with Gasteiger partial charge in [0.2, 0.25) is 11.8 Å². The third-order valence-electron chi connectivity index (χ3n) is 5.23. The van der Waals surface area contributed by atoms with E-state index in [1.165, 1.54) is 5.56 Å². The summed E-state index contributed by atoms with van der Waals surface area (Å²) in [7, 11) is 0. The number of nitrogens with one attached hydrogen (secondary N) is 2. The second kappa shape index (κ2) is 11.3. The van der Waals surface area contributed by atoms with E-state index in [0.717, 1.165) is 31.2 Å². The fourth-order valence-corrected chi connectivity index (χ4v) is 3.21. The third kappa shape index (κ3) is 7.89. The van der Waals surface area contributed by atoms with Gasteiger partial charge in [-0.1, -0.05) is 36.4 Å². The predicted molar refractivity (Wildman–Crippen MR) is 121 cm³/mol. The second-order valence-corrected chi connectivity index (χ2v) is 8.00. The van der Waals surface area contributed by atoms with Gasteiger partial charge in [0, 0.05) is 30.1 Å². The van der Waals surface area contributed by atoms with Crippen LogP contribution < -0.4 is 10.6 Å². The zero-order valence-electron chi connectivity index (χ0n) is 18.0. The fourth-order valence-electron chi connectivity index (χ4n) is 3.21. The first-order chi connectivity index (χ1) is 15.0. The molecule has 2 aromatic rings. The molecule has 6 nitrogen and oxygen atoms in total. The third-order valence-corrected chi connectivity index (χ3v) is 5.23. The quantitative estimate of drug-likeness (QED) is 0.408. The first-order valence-corrected chi connectivity index (χ1v) is 10.9. The molecule has 0 atom stereocenters. The Morgan fingerprint density at radius 1 is 0.968 bits per heavy atom. The fraction of sp³-hybridized carbons (Fsp3) is 0.400. The number of anilines is 2. The minimum absolute atomic E-state index is 0.0360. The molecule has 0 aromatic heterocycles. The number of rotatable bonds is 11. The van der Waals surface area contributed by atoms with Gasteiger partial charge in [0.05, 0.1) is 6.61 Å². The van der Waals surface area contributed by atoms with E-state index in [-0.39, 0.29) is 36.5 Å². The van der Waals surface area contributed by atoms with Crippen LogP contribution in [0.5, 0.6) is 0 Å². The molecule has 2 N–H and O–H groups in total. The van der Waals surface area contributed by atoms with E-state index in [0.29, 0.717) is 24.4 Å². The molecule has 0 saturated heterocycles. The summed E-state index contributed by atoms with van der Waals surface area (Å²) < 4.78 is 5.24. The molecular weight excluding hydrogens is 392 g/mol. The van der Waals surface area contributed by atoms with Crippen LogP contribution in [0.15, 0.2) is 48.5 Å². The van der Waals surface area contributed by atoms with Crippen molar-refractivity contribution < 1.29 is 19.1 Å². The monoisotopic (exact) mass is 422 g/mol. The second-order valence-electron chi connectivity index (χ2n) is 8.00. The van der Waals surface area contributed by atoms with Gasteiger partial charge in [-0.2, -0.15) is 0 Å². The molecule has 6 heteroatoms. The lowest BCUT2D eigenvalue weighted by Gasteiger charge is -2.11. The van der Waals surface area contributed by atoms with E-state index in [1.54, 1.807) is 12.1 Å². The summed E-state index contributed by atoms with van der Waals surface area (Å²) in [6.45, 7) is 2.30. The molecule has 1 aliphatic carbocycles. The minimum Gasteiger partial charge on any atom is -0.466 e. The number of esters is 1. The van der Waals surface area contributed by atoms with Crippen molar-refractivity contribution >= 4 is 29.2 Å². The Morgan fingerprint density at radius 2 is 1.74 bits per heavy atom. The number of hydrogen-bond acceptors (Lipinski definition) is 4. The maximum atomic E-state index is 12.2. The molecule has 3 rings (SSSR count). The zero-order valence-corrected chi connectivity index (χ0v) is 18.0. The average Bonchev–Trinajstić information content (AvgIpc) is 3.60. The van der Waals surface area contributed by atoms with Gasteiger partial charge in [-0.3, -0.25) is 14.4 Å². The lowest BCUT2D eigenvalue weighted by atomic mass is 10.1. The van der Waals surface area contributed by atoms with Crippen molar-refractivity contribution in [3.63, 3.8) is 0 Å². The first-order valence-electron chi connectivity index (χ1n) is 10.9. The largest absolute Gasteiger partial charge is 0.466 e. The topological polar surface area (TPSA) is 84.5 Å². The van der Waals surface area contributed by atoms with E-state index in [2.05, 4.69) is 22.8 Å². The van der Waals surface area contributed by atoms with Crippen molar-refractivity contribution in [3.8, 4) is 0 Å². The maximum absolute atomic E-state index is 12.2. The van der Waals surface area contributed by atoms with Crippen LogP contribution in [-0.2, 0) is 25.5 Å². The molecule has 31 heavy (non-hydrogen) atoms. The van der Waals surface area contributed by atoms with Gasteiger partial charge in [0.15, 0.2) is 0 Å². The molecule has 0 aliphatic heterocycles. The Labute approximate surface area is 183 Å². The molecule has 0 spiro atoms. The summed E-state index contributed by atoms with van der Waals surface area (Å²) in [5.74, 6) is -0.286. The summed E-state index contributed by atoms with van der Waals surface area (Å²) in [5.41, 5.74) is 3.52. The van der Waals surface area contributed by atoms with Crippen LogP contribution in [-0.4, -0.2) is 24.4 Å². The lowest BCUT2D eigenvalue weighted by molar-refractivity contribution is -0.143. The van der Waals surface area contributed by atoms with Gasteiger partial charge < -0.3 is 15.4 Å². The van der Waals surface area contributed by atoms with Crippen LogP contribution in [0.4, 0.5) is 11.4 Å². The zero-order chi connectivity index (χ0) is 22.1. The number of benzene rings is 2. The Bertz CT molecular complexity index is 907. The lowest BCUT2D eigenvalue weighted by Crippen LogP contribution is -2.16. The number of hydrogen-bond donors (Lipinski definition) is 2. The summed E-state index contributed by atoms with van der Waals surface area (Å²) in [6.07, 6.45) is 4.42. The van der Waals surface area contributed by atoms with Crippen LogP contribution in [0.3, 0.4) is 0 Å². The molecule has 0 radical (unpaired) electrons. The Kier molecular flexibility index (Phi) is 8.21. The number of carbonyl (C=O) groups is 3. The molecule has 2 aromatic carbocycles. The van der Waals surface area contributed by atoms with Crippen LogP contribution in [0.25, 0.3) is 0 Å². The minimum atomic E-state index is -0.277. The van der Waals surface area contributed by atoms with Crippen molar-refractivity contribution in [1.82, 2.24) is 0 Å². The predicted octanol–water partition coefficient (Wildman–Crippen LogP) is 4.63. The molecule has 1 fully saturated rings. The SMILES string of the molecule is Cc1ccc(NC(=O)CCCC(=O)OCCCc2ccccc2)cc1NC(=O)C1CC1. The van der Waals surface area contributed by atoms with Crippen LogP contribution in [0.2, 0.25) is 0 Å². The van der Waals surface area contributed by atoms with Crippen LogP contribution in [0.1, 0.15) is 49.7 Å². The Hall–Kier alpha value is -3.15. The van der Waals surface area contributed by atoms with Crippen LogP contribution in [0, 0.1) is 12.8 Å². The van der Waals surface area contributed by atoms with Crippen molar-refractivity contribution in [1.29, 1.82) is 0 Å².